The summed E-state index contributed by atoms with van der Waals surface area (Å²) < 4.78 is 27.3. The van der Waals surface area contributed by atoms with E-state index in [-0.39, 0.29) is 22.8 Å². The third-order valence-electron chi connectivity index (χ3n) is 6.44. The molecule has 6 nitrogen and oxygen atoms in total. The van der Waals surface area contributed by atoms with Crippen molar-refractivity contribution >= 4 is 27.3 Å². The van der Waals surface area contributed by atoms with Gasteiger partial charge in [-0.3, -0.25) is 9.78 Å². The number of hydrogen-bond donors (Lipinski definition) is 0. The van der Waals surface area contributed by atoms with Crippen molar-refractivity contribution in [3.63, 3.8) is 0 Å². The molecule has 2 aromatic heterocycles. The van der Waals surface area contributed by atoms with Crippen molar-refractivity contribution in [1.82, 2.24) is 14.2 Å². The third kappa shape index (κ3) is 3.87. The van der Waals surface area contributed by atoms with Crippen LogP contribution < -0.4 is 0 Å². The number of carbonyl (C=O) groups excluding carboxylic acids is 1. The molecule has 1 amide bonds. The molecule has 1 unspecified atom stereocenters. The Morgan fingerprint density at radius 3 is 2.50 bits per heavy atom. The van der Waals surface area contributed by atoms with Crippen LogP contribution in [0.2, 0.25) is 0 Å². The average molecular weight is 468 g/mol. The van der Waals surface area contributed by atoms with E-state index in [1.165, 1.54) is 20.9 Å². The van der Waals surface area contributed by atoms with Gasteiger partial charge >= 0.3 is 0 Å². The lowest BCUT2D eigenvalue weighted by Gasteiger charge is -2.40. The highest BCUT2D eigenvalue weighted by Crippen LogP contribution is 2.39. The van der Waals surface area contributed by atoms with E-state index in [1.807, 2.05) is 23.1 Å². The van der Waals surface area contributed by atoms with Crippen molar-refractivity contribution in [3.8, 4) is 0 Å². The Kier molecular flexibility index (Phi) is 5.84. The van der Waals surface area contributed by atoms with Crippen LogP contribution in [0, 0.1) is 5.92 Å². The molecule has 2 aliphatic heterocycles. The molecular formula is C24H25N3O3S2. The maximum Gasteiger partial charge on any atom is 0.244 e. The number of thiophene rings is 1. The van der Waals surface area contributed by atoms with Gasteiger partial charge in [0, 0.05) is 42.8 Å². The number of pyridine rings is 1. The summed E-state index contributed by atoms with van der Waals surface area (Å²) >= 11 is 1.76. The molecule has 2 aliphatic rings. The van der Waals surface area contributed by atoms with Crippen LogP contribution in [0.25, 0.3) is 0 Å². The molecule has 0 N–H and O–H groups in total. The lowest BCUT2D eigenvalue weighted by atomic mass is 9.89. The van der Waals surface area contributed by atoms with E-state index in [0.717, 1.165) is 12.0 Å². The second-order valence-electron chi connectivity index (χ2n) is 8.26. The third-order valence-corrected chi connectivity index (χ3v) is 9.32. The quantitative estimate of drug-likeness (QED) is 0.586. The van der Waals surface area contributed by atoms with Crippen molar-refractivity contribution in [1.29, 1.82) is 0 Å². The number of aromatic nitrogens is 1. The summed E-state index contributed by atoms with van der Waals surface area (Å²) in [6.45, 7) is 1.39. The normalized spacial score (nSPS) is 20.1. The molecule has 4 heterocycles. The monoisotopic (exact) mass is 467 g/mol. The van der Waals surface area contributed by atoms with Gasteiger partial charge in [0.15, 0.2) is 0 Å². The van der Waals surface area contributed by atoms with Crippen LogP contribution >= 0.6 is 11.3 Å². The van der Waals surface area contributed by atoms with E-state index in [0.29, 0.717) is 32.5 Å². The first kappa shape index (κ1) is 21.3. The second-order valence-corrected chi connectivity index (χ2v) is 11.2. The Morgan fingerprint density at radius 2 is 1.78 bits per heavy atom. The number of carbonyl (C=O) groups is 1. The van der Waals surface area contributed by atoms with Crippen molar-refractivity contribution in [2.75, 3.05) is 19.6 Å². The molecule has 1 aromatic carbocycles. The largest absolute Gasteiger partial charge is 0.331 e. The van der Waals surface area contributed by atoms with E-state index in [1.54, 1.807) is 29.7 Å². The molecule has 5 rings (SSSR count). The number of fused-ring (bicyclic) bond motifs is 1. The molecule has 0 saturated carbocycles. The van der Waals surface area contributed by atoms with E-state index in [4.69, 9.17) is 0 Å². The minimum Gasteiger partial charge on any atom is -0.331 e. The Labute approximate surface area is 192 Å². The van der Waals surface area contributed by atoms with E-state index in [9.17, 15) is 13.2 Å². The molecule has 0 aliphatic carbocycles. The SMILES string of the molecule is O=C(C1CCN(S(=O)(=O)c2cccnc2)CC1)N1CCc2sccc2C1c1ccccc1. The zero-order valence-electron chi connectivity index (χ0n) is 17.6. The van der Waals surface area contributed by atoms with Crippen molar-refractivity contribution in [2.45, 2.75) is 30.2 Å². The first-order chi connectivity index (χ1) is 15.6. The summed E-state index contributed by atoms with van der Waals surface area (Å²) in [7, 11) is -3.57. The van der Waals surface area contributed by atoms with E-state index >= 15 is 0 Å². The van der Waals surface area contributed by atoms with Gasteiger partial charge in [-0.1, -0.05) is 30.3 Å². The molecule has 3 aromatic rings. The topological polar surface area (TPSA) is 70.6 Å². The van der Waals surface area contributed by atoms with Crippen LogP contribution in [0.5, 0.6) is 0 Å². The zero-order chi connectivity index (χ0) is 22.1. The minimum absolute atomic E-state index is 0.0733. The predicted molar refractivity (Wildman–Crippen MR) is 124 cm³/mol. The zero-order valence-corrected chi connectivity index (χ0v) is 19.3. The molecule has 0 bridgehead atoms. The molecule has 1 atom stereocenters. The maximum absolute atomic E-state index is 13.6. The Bertz CT molecular complexity index is 1190. The van der Waals surface area contributed by atoms with Crippen LogP contribution in [-0.4, -0.2) is 48.1 Å². The molecule has 32 heavy (non-hydrogen) atoms. The highest BCUT2D eigenvalue weighted by molar-refractivity contribution is 7.89. The average Bonchev–Trinajstić information content (AvgIpc) is 3.33. The van der Waals surface area contributed by atoms with Crippen molar-refractivity contribution < 1.29 is 13.2 Å². The number of nitrogens with zero attached hydrogens (tertiary/aromatic N) is 3. The first-order valence-electron chi connectivity index (χ1n) is 10.9. The summed E-state index contributed by atoms with van der Waals surface area (Å²) in [5.41, 5.74) is 2.34. The van der Waals surface area contributed by atoms with Crippen molar-refractivity contribution in [3.05, 3.63) is 82.3 Å². The van der Waals surface area contributed by atoms with Crippen LogP contribution in [0.3, 0.4) is 0 Å². The summed E-state index contributed by atoms with van der Waals surface area (Å²) in [4.78, 5) is 21.1. The number of hydrogen-bond acceptors (Lipinski definition) is 5. The summed E-state index contributed by atoms with van der Waals surface area (Å²) in [6.07, 6.45) is 4.88. The van der Waals surface area contributed by atoms with Gasteiger partial charge in [0.1, 0.15) is 4.90 Å². The van der Waals surface area contributed by atoms with Gasteiger partial charge in [0.05, 0.1) is 6.04 Å². The fraction of sp³-hybridized carbons (Fsp3) is 0.333. The predicted octanol–water partition coefficient (Wildman–Crippen LogP) is 3.72. The van der Waals surface area contributed by atoms with Gasteiger partial charge in [-0.05, 0) is 54.0 Å². The van der Waals surface area contributed by atoms with Gasteiger partial charge in [-0.2, -0.15) is 4.31 Å². The van der Waals surface area contributed by atoms with Crippen LogP contribution in [0.15, 0.2) is 71.2 Å². The standard InChI is InChI=1S/C24H25N3O3S2/c28-24(19-8-13-26(14-9-19)32(29,30)20-7-4-12-25-17-20)27-15-10-22-21(11-16-31-22)23(27)18-5-2-1-3-6-18/h1-7,11-12,16-17,19,23H,8-10,13-15H2. The summed E-state index contributed by atoms with van der Waals surface area (Å²) in [6, 6.07) is 15.4. The van der Waals surface area contributed by atoms with Crippen molar-refractivity contribution in [2.24, 2.45) is 5.92 Å². The molecule has 8 heteroatoms. The van der Waals surface area contributed by atoms with Crippen LogP contribution in [0.4, 0.5) is 0 Å². The highest BCUT2D eigenvalue weighted by atomic mass is 32.2. The molecule has 1 fully saturated rings. The summed E-state index contributed by atoms with van der Waals surface area (Å²) in [5.74, 6) is -0.0316. The number of piperidine rings is 1. The van der Waals surface area contributed by atoms with E-state index in [2.05, 4.69) is 28.6 Å². The van der Waals surface area contributed by atoms with Gasteiger partial charge in [0.2, 0.25) is 15.9 Å². The Morgan fingerprint density at radius 1 is 1.00 bits per heavy atom. The lowest BCUT2D eigenvalue weighted by Crippen LogP contribution is -2.47. The Hall–Kier alpha value is -2.55. The number of rotatable bonds is 4. The fourth-order valence-electron chi connectivity index (χ4n) is 4.77. The van der Waals surface area contributed by atoms with Gasteiger partial charge < -0.3 is 4.90 Å². The number of sulfonamides is 1. The summed E-state index contributed by atoms with van der Waals surface area (Å²) in [5, 5.41) is 2.11. The number of amides is 1. The molecular weight excluding hydrogens is 442 g/mol. The van der Waals surface area contributed by atoms with E-state index < -0.39 is 10.0 Å². The Balaban J connectivity index is 1.34. The highest BCUT2D eigenvalue weighted by Gasteiger charge is 2.38. The lowest BCUT2D eigenvalue weighted by molar-refractivity contribution is -0.138. The van der Waals surface area contributed by atoms with Crippen LogP contribution in [-0.2, 0) is 21.2 Å². The fourth-order valence-corrected chi connectivity index (χ4v) is 7.11. The van der Waals surface area contributed by atoms with Gasteiger partial charge in [0.25, 0.3) is 0 Å². The molecule has 166 valence electrons. The molecule has 0 radical (unpaired) electrons. The smallest absolute Gasteiger partial charge is 0.244 e. The van der Waals surface area contributed by atoms with Gasteiger partial charge in [-0.15, -0.1) is 11.3 Å². The second kappa shape index (κ2) is 8.77. The number of benzene rings is 1. The molecule has 1 saturated heterocycles. The minimum atomic E-state index is -3.57. The first-order valence-corrected chi connectivity index (χ1v) is 13.2. The molecule has 0 spiro atoms. The van der Waals surface area contributed by atoms with Crippen LogP contribution in [0.1, 0.15) is 34.9 Å². The maximum atomic E-state index is 13.6. The van der Waals surface area contributed by atoms with Gasteiger partial charge in [-0.25, -0.2) is 8.42 Å².